The number of esters is 2. The highest BCUT2D eigenvalue weighted by Gasteiger charge is 2.47. The zero-order valence-electron chi connectivity index (χ0n) is 43.0. The third-order valence-corrected chi connectivity index (χ3v) is 12.8. The molecule has 70 heavy (non-hydrogen) atoms. The third-order valence-electron chi connectivity index (χ3n) is 12.8. The molecule has 0 radical (unpaired) electrons. The minimum Gasteiger partial charge on any atom is -0.462 e. The molecule has 7 N–H and O–H groups in total. The summed E-state index contributed by atoms with van der Waals surface area (Å²) in [5.74, 6) is -0.949. The van der Waals surface area contributed by atoms with Crippen LogP contribution in [-0.4, -0.2) is 142 Å². The van der Waals surface area contributed by atoms with Crippen LogP contribution >= 0.6 is 0 Å². The van der Waals surface area contributed by atoms with E-state index in [4.69, 9.17) is 28.4 Å². The minimum absolute atomic E-state index is 0.152. The van der Waals surface area contributed by atoms with Gasteiger partial charge in [-0.1, -0.05) is 152 Å². The van der Waals surface area contributed by atoms with Crippen molar-refractivity contribution in [3.05, 3.63) is 48.6 Å². The SMILES string of the molecule is CCCCCC/C=C\C/C=C\CCCCCCCCCC(=O)OC(COC(=O)CCCCCCC/C=C\C/C=C\CCCCCC)COC1OC(COC2OC(CO)C(O)C(O)C2O)C(O)C(O)C1O. The first-order chi connectivity index (χ1) is 34.0. The van der Waals surface area contributed by atoms with Gasteiger partial charge in [0.2, 0.25) is 0 Å². The summed E-state index contributed by atoms with van der Waals surface area (Å²) in [7, 11) is 0. The van der Waals surface area contributed by atoms with Gasteiger partial charge in [-0.25, -0.2) is 0 Å². The molecule has 2 rings (SSSR count). The molecule has 0 aromatic heterocycles. The Bertz CT molecular complexity index is 1400. The van der Waals surface area contributed by atoms with Crippen LogP contribution in [0.5, 0.6) is 0 Å². The minimum atomic E-state index is -1.77. The topological polar surface area (TPSA) is 231 Å². The molecule has 2 aliphatic heterocycles. The second kappa shape index (κ2) is 41.9. The van der Waals surface area contributed by atoms with Crippen molar-refractivity contribution in [2.24, 2.45) is 0 Å². The molecule has 0 bridgehead atoms. The van der Waals surface area contributed by atoms with Crippen LogP contribution in [0.15, 0.2) is 48.6 Å². The zero-order chi connectivity index (χ0) is 51.0. The highest BCUT2D eigenvalue weighted by atomic mass is 16.7. The molecule has 0 aliphatic carbocycles. The van der Waals surface area contributed by atoms with Crippen molar-refractivity contribution in [2.75, 3.05) is 26.4 Å². The predicted octanol–water partition coefficient (Wildman–Crippen LogP) is 8.27. The first kappa shape index (κ1) is 63.6. The predicted molar refractivity (Wildman–Crippen MR) is 270 cm³/mol. The van der Waals surface area contributed by atoms with Gasteiger partial charge in [-0.2, -0.15) is 0 Å². The van der Waals surface area contributed by atoms with E-state index in [0.717, 1.165) is 96.3 Å². The fraction of sp³-hybridized carbons (Fsp3) is 0.818. The van der Waals surface area contributed by atoms with E-state index in [2.05, 4.69) is 62.5 Å². The summed E-state index contributed by atoms with van der Waals surface area (Å²) >= 11 is 0. The highest BCUT2D eigenvalue weighted by molar-refractivity contribution is 5.70. The van der Waals surface area contributed by atoms with Gasteiger partial charge >= 0.3 is 11.9 Å². The van der Waals surface area contributed by atoms with Crippen LogP contribution in [0.1, 0.15) is 194 Å². The first-order valence-electron chi connectivity index (χ1n) is 27.2. The highest BCUT2D eigenvalue weighted by Crippen LogP contribution is 2.26. The van der Waals surface area contributed by atoms with E-state index in [9.17, 15) is 45.3 Å². The number of rotatable bonds is 42. The van der Waals surface area contributed by atoms with Gasteiger partial charge < -0.3 is 64.2 Å². The number of hydrogen-bond acceptors (Lipinski definition) is 15. The average Bonchev–Trinajstić information content (AvgIpc) is 3.35. The fourth-order valence-corrected chi connectivity index (χ4v) is 8.28. The number of hydrogen-bond donors (Lipinski definition) is 7. The molecule has 0 saturated carbocycles. The van der Waals surface area contributed by atoms with Crippen LogP contribution in [0.2, 0.25) is 0 Å². The van der Waals surface area contributed by atoms with Crippen molar-refractivity contribution < 1.29 is 73.8 Å². The van der Waals surface area contributed by atoms with Gasteiger partial charge in [0.05, 0.1) is 19.8 Å². The fourth-order valence-electron chi connectivity index (χ4n) is 8.28. The smallest absolute Gasteiger partial charge is 0.306 e. The quantitative estimate of drug-likeness (QED) is 0.0173. The molecule has 11 unspecified atom stereocenters. The normalized spacial score (nSPS) is 25.7. The molecule has 2 heterocycles. The summed E-state index contributed by atoms with van der Waals surface area (Å²) < 4.78 is 33.6. The Morgan fingerprint density at radius 3 is 1.33 bits per heavy atom. The first-order valence-corrected chi connectivity index (χ1v) is 27.2. The Kier molecular flexibility index (Phi) is 38.0. The Labute approximate surface area is 420 Å². The van der Waals surface area contributed by atoms with Crippen LogP contribution in [0.4, 0.5) is 0 Å². The molecule has 2 saturated heterocycles. The molecule has 0 spiro atoms. The van der Waals surface area contributed by atoms with Crippen molar-refractivity contribution in [1.82, 2.24) is 0 Å². The molecule has 2 aliphatic rings. The summed E-state index contributed by atoms with van der Waals surface area (Å²) in [5, 5.41) is 72.2. The summed E-state index contributed by atoms with van der Waals surface area (Å²) in [6, 6.07) is 0. The van der Waals surface area contributed by atoms with Gasteiger partial charge in [0.25, 0.3) is 0 Å². The molecule has 0 aromatic rings. The third kappa shape index (κ3) is 29.2. The number of carbonyl (C=O) groups excluding carboxylic acids is 2. The Morgan fingerprint density at radius 1 is 0.457 bits per heavy atom. The number of aliphatic hydroxyl groups excluding tert-OH is 7. The van der Waals surface area contributed by atoms with Crippen molar-refractivity contribution in [3.8, 4) is 0 Å². The van der Waals surface area contributed by atoms with Gasteiger partial charge in [-0.05, 0) is 77.0 Å². The van der Waals surface area contributed by atoms with Gasteiger partial charge in [-0.15, -0.1) is 0 Å². The second-order valence-corrected chi connectivity index (χ2v) is 19.0. The molecule has 0 amide bonds. The lowest BCUT2D eigenvalue weighted by molar-refractivity contribution is -0.332. The van der Waals surface area contributed by atoms with Crippen LogP contribution < -0.4 is 0 Å². The Morgan fingerprint density at radius 2 is 0.857 bits per heavy atom. The van der Waals surface area contributed by atoms with Gasteiger partial charge in [0.1, 0.15) is 55.4 Å². The number of unbranched alkanes of at least 4 members (excludes halogenated alkanes) is 20. The van der Waals surface area contributed by atoms with Crippen LogP contribution in [-0.2, 0) is 38.0 Å². The maximum Gasteiger partial charge on any atom is 0.306 e. The zero-order valence-corrected chi connectivity index (χ0v) is 43.0. The van der Waals surface area contributed by atoms with Crippen LogP contribution in [0.3, 0.4) is 0 Å². The van der Waals surface area contributed by atoms with E-state index in [1.54, 1.807) is 0 Å². The van der Waals surface area contributed by atoms with Crippen LogP contribution in [0.25, 0.3) is 0 Å². The lowest BCUT2D eigenvalue weighted by Crippen LogP contribution is -2.61. The number of allylic oxidation sites excluding steroid dienone is 8. The molecule has 0 aromatic carbocycles. The number of carbonyl (C=O) groups is 2. The summed E-state index contributed by atoms with van der Waals surface area (Å²) in [6.07, 6.45) is 29.8. The van der Waals surface area contributed by atoms with E-state index in [-0.39, 0.29) is 19.4 Å². The largest absolute Gasteiger partial charge is 0.462 e. The van der Waals surface area contributed by atoms with E-state index in [0.29, 0.717) is 12.8 Å². The number of aliphatic hydroxyl groups is 7. The van der Waals surface area contributed by atoms with Gasteiger partial charge in [0.15, 0.2) is 18.7 Å². The van der Waals surface area contributed by atoms with E-state index in [1.165, 1.54) is 57.8 Å². The maximum atomic E-state index is 13.0. The summed E-state index contributed by atoms with van der Waals surface area (Å²) in [5.41, 5.74) is 0. The standard InChI is InChI=1S/C55H96O15/c1-3-5-7-9-11-13-15-17-19-21-22-24-26-28-30-32-34-36-38-47(58)68-43(40-65-46(57)37-35-33-31-29-27-25-23-20-18-16-14-12-10-8-6-4-2)41-66-54-53(64)51(62)49(60)45(70-54)42-67-55-52(63)50(61)48(59)44(39-56)69-55/h13-16,19-21,23,43-45,48-56,59-64H,3-12,17-18,22,24-42H2,1-2H3/b15-13-,16-14-,21-19-,23-20-. The van der Waals surface area contributed by atoms with Crippen molar-refractivity contribution in [3.63, 3.8) is 0 Å². The van der Waals surface area contributed by atoms with E-state index < -0.39 is 99.3 Å². The van der Waals surface area contributed by atoms with Crippen molar-refractivity contribution in [1.29, 1.82) is 0 Å². The van der Waals surface area contributed by atoms with Gasteiger partial charge in [-0.3, -0.25) is 9.59 Å². The summed E-state index contributed by atoms with van der Waals surface area (Å²) in [4.78, 5) is 25.8. The maximum absolute atomic E-state index is 13.0. The Balaban J connectivity index is 1.80. The molecule has 15 nitrogen and oxygen atoms in total. The monoisotopic (exact) mass is 997 g/mol. The molecular weight excluding hydrogens is 901 g/mol. The second-order valence-electron chi connectivity index (χ2n) is 19.0. The molecule has 11 atom stereocenters. The van der Waals surface area contributed by atoms with Crippen molar-refractivity contribution in [2.45, 2.75) is 261 Å². The molecular formula is C55H96O15. The summed E-state index contributed by atoms with van der Waals surface area (Å²) in [6.45, 7) is 2.54. The lowest BCUT2D eigenvalue weighted by Gasteiger charge is -2.42. The van der Waals surface area contributed by atoms with E-state index in [1.807, 2.05) is 0 Å². The Hall–Kier alpha value is -2.54. The number of ether oxygens (including phenoxy) is 6. The lowest BCUT2D eigenvalue weighted by atomic mass is 9.98. The molecule has 406 valence electrons. The molecule has 2 fully saturated rings. The molecule has 15 heteroatoms. The van der Waals surface area contributed by atoms with Crippen molar-refractivity contribution >= 4 is 11.9 Å². The average molecular weight is 997 g/mol. The van der Waals surface area contributed by atoms with E-state index >= 15 is 0 Å². The van der Waals surface area contributed by atoms with Crippen LogP contribution in [0, 0.1) is 0 Å². The van der Waals surface area contributed by atoms with Gasteiger partial charge in [0, 0.05) is 12.8 Å².